The number of hydrogen-bond acceptors (Lipinski definition) is 1. The highest BCUT2D eigenvalue weighted by Gasteiger charge is 2.11. The van der Waals surface area contributed by atoms with Crippen LogP contribution in [-0.4, -0.2) is 17.5 Å². The van der Waals surface area contributed by atoms with Gasteiger partial charge in [-0.1, -0.05) is 17.7 Å². The van der Waals surface area contributed by atoms with Crippen LogP contribution in [0.4, 0.5) is 0 Å². The second-order valence-corrected chi connectivity index (χ2v) is 3.30. The Kier molecular flexibility index (Phi) is 1.77. The summed E-state index contributed by atoms with van der Waals surface area (Å²) >= 11 is 5.78. The van der Waals surface area contributed by atoms with Gasteiger partial charge in [0, 0.05) is 17.0 Å². The summed E-state index contributed by atoms with van der Waals surface area (Å²) < 4.78 is 0.943. The van der Waals surface area contributed by atoms with Gasteiger partial charge in [-0.2, -0.15) is 0 Å². The maximum atomic E-state index is 11.0. The fraction of sp³-hybridized carbons (Fsp3) is 0.222. The Morgan fingerprint density at radius 2 is 2.25 bits per heavy atom. The summed E-state index contributed by atoms with van der Waals surface area (Å²) in [4.78, 5) is 0. The largest absolute Gasteiger partial charge is 0.624 e. The van der Waals surface area contributed by atoms with E-state index in [0.29, 0.717) is 11.6 Å². The third kappa shape index (κ3) is 1.30. The van der Waals surface area contributed by atoms with E-state index >= 15 is 0 Å². The number of rotatable bonds is 0. The van der Waals surface area contributed by atoms with Crippen molar-refractivity contribution in [3.8, 4) is 0 Å². The monoisotopic (exact) mass is 181 g/mol. The molecule has 0 N–H and O–H groups in total. The maximum absolute atomic E-state index is 11.0. The summed E-state index contributed by atoms with van der Waals surface area (Å²) in [5.74, 6) is 0. The number of hydrogen-bond donors (Lipinski definition) is 0. The van der Waals surface area contributed by atoms with Crippen molar-refractivity contribution in [3.05, 3.63) is 39.6 Å². The Morgan fingerprint density at radius 1 is 1.42 bits per heavy atom. The molecule has 0 amide bonds. The van der Waals surface area contributed by atoms with Crippen molar-refractivity contribution in [2.24, 2.45) is 0 Å². The van der Waals surface area contributed by atoms with Crippen LogP contribution in [0.25, 0.3) is 0 Å². The molecule has 0 aromatic heterocycles. The van der Waals surface area contributed by atoms with Crippen LogP contribution in [0.3, 0.4) is 0 Å². The second kappa shape index (κ2) is 2.79. The third-order valence-corrected chi connectivity index (χ3v) is 2.23. The van der Waals surface area contributed by atoms with Crippen LogP contribution in [-0.2, 0) is 6.42 Å². The van der Waals surface area contributed by atoms with Gasteiger partial charge < -0.3 is 5.21 Å². The molecule has 1 aliphatic heterocycles. The summed E-state index contributed by atoms with van der Waals surface area (Å²) in [5, 5.41) is 11.6. The molecule has 1 aromatic rings. The zero-order chi connectivity index (χ0) is 8.55. The first-order valence-electron chi connectivity index (χ1n) is 3.83. The molecule has 0 aliphatic carbocycles. The van der Waals surface area contributed by atoms with E-state index in [1.54, 1.807) is 6.21 Å². The molecule has 2 nitrogen and oxygen atoms in total. The van der Waals surface area contributed by atoms with Gasteiger partial charge in [0.15, 0.2) is 12.8 Å². The van der Waals surface area contributed by atoms with E-state index in [4.69, 9.17) is 11.6 Å². The van der Waals surface area contributed by atoms with Gasteiger partial charge in [0.05, 0.1) is 0 Å². The van der Waals surface area contributed by atoms with Gasteiger partial charge >= 0.3 is 0 Å². The predicted octanol–water partition coefficient (Wildman–Crippen LogP) is 1.83. The number of hydroxylamine groups is 1. The number of fused-ring (bicyclic) bond motifs is 1. The van der Waals surface area contributed by atoms with Gasteiger partial charge in [-0.3, -0.25) is 0 Å². The molecule has 62 valence electrons. The Hall–Kier alpha value is -1.02. The third-order valence-electron chi connectivity index (χ3n) is 1.99. The number of nitrogens with zero attached hydrogens (tertiary/aromatic N) is 1. The summed E-state index contributed by atoms with van der Waals surface area (Å²) in [5.41, 5.74) is 2.15. The Balaban J connectivity index is 2.53. The Labute approximate surface area is 75.7 Å². The van der Waals surface area contributed by atoms with Gasteiger partial charge in [-0.05, 0) is 17.7 Å². The van der Waals surface area contributed by atoms with Gasteiger partial charge in [-0.15, -0.1) is 0 Å². The molecule has 1 aliphatic rings. The van der Waals surface area contributed by atoms with E-state index in [9.17, 15) is 5.21 Å². The molecule has 0 atom stereocenters. The summed E-state index contributed by atoms with van der Waals surface area (Å²) in [6, 6.07) is 5.65. The molecule has 12 heavy (non-hydrogen) atoms. The highest BCUT2D eigenvalue weighted by Crippen LogP contribution is 2.17. The number of halogens is 1. The van der Waals surface area contributed by atoms with Gasteiger partial charge in [0.1, 0.15) is 0 Å². The first-order valence-corrected chi connectivity index (χ1v) is 4.20. The molecule has 2 rings (SSSR count). The molecule has 0 radical (unpaired) electrons. The lowest BCUT2D eigenvalue weighted by Gasteiger charge is -2.12. The molecule has 0 unspecified atom stereocenters. The van der Waals surface area contributed by atoms with Crippen LogP contribution < -0.4 is 0 Å². The van der Waals surface area contributed by atoms with Crippen molar-refractivity contribution in [1.82, 2.24) is 0 Å². The lowest BCUT2D eigenvalue weighted by atomic mass is 10.0. The van der Waals surface area contributed by atoms with Crippen LogP contribution in [0.5, 0.6) is 0 Å². The van der Waals surface area contributed by atoms with E-state index < -0.39 is 0 Å². The molecule has 0 saturated carbocycles. The average Bonchev–Trinajstić information content (AvgIpc) is 2.03. The van der Waals surface area contributed by atoms with Crippen molar-refractivity contribution in [1.29, 1.82) is 0 Å². The fourth-order valence-corrected chi connectivity index (χ4v) is 1.54. The molecular formula is C9H8ClNO. The van der Waals surface area contributed by atoms with E-state index in [1.165, 1.54) is 5.56 Å². The molecular weight excluding hydrogens is 174 g/mol. The van der Waals surface area contributed by atoms with Crippen molar-refractivity contribution in [2.75, 3.05) is 6.54 Å². The molecule has 0 spiro atoms. The topological polar surface area (TPSA) is 26.1 Å². The van der Waals surface area contributed by atoms with E-state index in [0.717, 1.165) is 16.7 Å². The summed E-state index contributed by atoms with van der Waals surface area (Å²) in [7, 11) is 0. The lowest BCUT2D eigenvalue weighted by Crippen LogP contribution is -2.17. The van der Waals surface area contributed by atoms with Gasteiger partial charge in [-0.25, -0.2) is 4.74 Å². The first-order chi connectivity index (χ1) is 5.75. The molecule has 0 fully saturated rings. The van der Waals surface area contributed by atoms with Crippen molar-refractivity contribution in [2.45, 2.75) is 6.42 Å². The standard InChI is InChI=1S/C9H8ClNO/c10-9-2-1-7-3-4-11(12)6-8(7)5-9/h1-2,5-6H,3-4H2. The zero-order valence-electron chi connectivity index (χ0n) is 6.46. The zero-order valence-corrected chi connectivity index (χ0v) is 7.21. The van der Waals surface area contributed by atoms with Crippen LogP contribution in [0.15, 0.2) is 18.2 Å². The first kappa shape index (κ1) is 7.62. The SMILES string of the molecule is [O-][N+]1=Cc2cc(Cl)ccc2CC1. The van der Waals surface area contributed by atoms with Crippen LogP contribution in [0.1, 0.15) is 11.1 Å². The smallest absolute Gasteiger partial charge is 0.182 e. The minimum Gasteiger partial charge on any atom is -0.624 e. The van der Waals surface area contributed by atoms with E-state index in [-0.39, 0.29) is 0 Å². The van der Waals surface area contributed by atoms with Crippen molar-refractivity contribution >= 4 is 17.8 Å². The number of benzene rings is 1. The minimum atomic E-state index is 0.550. The molecule has 0 saturated heterocycles. The van der Waals surface area contributed by atoms with E-state index in [1.807, 2.05) is 18.2 Å². The predicted molar refractivity (Wildman–Crippen MR) is 48.8 cm³/mol. The maximum Gasteiger partial charge on any atom is 0.182 e. The molecule has 1 aromatic carbocycles. The minimum absolute atomic E-state index is 0.550. The lowest BCUT2D eigenvalue weighted by molar-refractivity contribution is -0.453. The fourth-order valence-electron chi connectivity index (χ4n) is 1.36. The Bertz CT molecular complexity index is 346. The highest BCUT2D eigenvalue weighted by molar-refractivity contribution is 6.30. The normalized spacial score (nSPS) is 15.2. The van der Waals surface area contributed by atoms with Gasteiger partial charge in [0.2, 0.25) is 0 Å². The quantitative estimate of drug-likeness (QED) is 0.443. The summed E-state index contributed by atoms with van der Waals surface area (Å²) in [6.45, 7) is 0.550. The van der Waals surface area contributed by atoms with Crippen LogP contribution >= 0.6 is 11.6 Å². The molecule has 3 heteroatoms. The average molecular weight is 182 g/mol. The molecule has 1 heterocycles. The second-order valence-electron chi connectivity index (χ2n) is 2.86. The van der Waals surface area contributed by atoms with E-state index in [2.05, 4.69) is 0 Å². The summed E-state index contributed by atoms with van der Waals surface area (Å²) in [6.07, 6.45) is 2.40. The molecule has 0 bridgehead atoms. The van der Waals surface area contributed by atoms with Crippen molar-refractivity contribution < 1.29 is 4.74 Å². The Morgan fingerprint density at radius 3 is 3.08 bits per heavy atom. The van der Waals surface area contributed by atoms with Crippen LogP contribution in [0.2, 0.25) is 5.02 Å². The van der Waals surface area contributed by atoms with Crippen LogP contribution in [0, 0.1) is 5.21 Å². The van der Waals surface area contributed by atoms with Crippen molar-refractivity contribution in [3.63, 3.8) is 0 Å². The highest BCUT2D eigenvalue weighted by atomic mass is 35.5. The van der Waals surface area contributed by atoms with Gasteiger partial charge in [0.25, 0.3) is 0 Å².